The van der Waals surface area contributed by atoms with Crippen molar-refractivity contribution >= 4 is 0 Å². The summed E-state index contributed by atoms with van der Waals surface area (Å²) in [7, 11) is 0. The van der Waals surface area contributed by atoms with Crippen molar-refractivity contribution in [2.24, 2.45) is 0 Å². The highest BCUT2D eigenvalue weighted by molar-refractivity contribution is 4.52. The van der Waals surface area contributed by atoms with Gasteiger partial charge in [0, 0.05) is 13.2 Å². The van der Waals surface area contributed by atoms with Crippen molar-refractivity contribution in [1.82, 2.24) is 0 Å². The number of allylic oxidation sites excluding steroid dienone is 4. The third kappa shape index (κ3) is 279. The second-order valence-corrected chi connectivity index (χ2v) is 3.54. The number of ether oxygens (including phenoxy) is 1. The summed E-state index contributed by atoms with van der Waals surface area (Å²) in [5.74, 6) is 0. The van der Waals surface area contributed by atoms with Gasteiger partial charge in [-0.15, -0.1) is 26.3 Å². The van der Waals surface area contributed by atoms with Gasteiger partial charge in [-0.3, -0.25) is 0 Å². The van der Waals surface area contributed by atoms with Crippen LogP contribution in [0.3, 0.4) is 0 Å². The van der Waals surface area contributed by atoms with E-state index >= 15 is 0 Å². The smallest absolute Gasteiger partial charge is 0.0465 e. The van der Waals surface area contributed by atoms with Crippen LogP contribution in [0.25, 0.3) is 0 Å². The van der Waals surface area contributed by atoms with Gasteiger partial charge in [-0.1, -0.05) is 44.1 Å². The van der Waals surface area contributed by atoms with Gasteiger partial charge in [0.15, 0.2) is 0 Å². The molecular formula is C19H40O. The average molecular weight is 285 g/mol. The molecule has 1 nitrogen and oxygen atoms in total. The van der Waals surface area contributed by atoms with Crippen LogP contribution in [0.15, 0.2) is 50.6 Å². The Balaban J connectivity index is -0.0000000527. The van der Waals surface area contributed by atoms with Crippen LogP contribution < -0.4 is 0 Å². The van der Waals surface area contributed by atoms with Crippen LogP contribution >= 0.6 is 0 Å². The lowest BCUT2D eigenvalue weighted by molar-refractivity contribution is 0.143. The van der Waals surface area contributed by atoms with Crippen molar-refractivity contribution in [3.8, 4) is 0 Å². The molecule has 0 atom stereocenters. The van der Waals surface area contributed by atoms with Gasteiger partial charge in [-0.25, -0.2) is 0 Å². The fraction of sp³-hybridized carbons (Fsp3) is 0.579. The van der Waals surface area contributed by atoms with Crippen molar-refractivity contribution in [2.45, 2.75) is 60.8 Å². The zero-order valence-electron chi connectivity index (χ0n) is 15.1. The first-order valence-electron chi connectivity index (χ1n) is 7.43. The van der Waals surface area contributed by atoms with Crippen molar-refractivity contribution in [1.29, 1.82) is 0 Å². The first-order valence-corrected chi connectivity index (χ1v) is 7.43. The van der Waals surface area contributed by atoms with Gasteiger partial charge in [0.2, 0.25) is 0 Å². The first kappa shape index (κ1) is 31.4. The molecule has 0 spiro atoms. The van der Waals surface area contributed by atoms with Gasteiger partial charge in [0.25, 0.3) is 0 Å². The van der Waals surface area contributed by atoms with Gasteiger partial charge in [0.05, 0.1) is 0 Å². The lowest BCUT2D eigenvalue weighted by atomic mass is 10.3. The monoisotopic (exact) mass is 284 g/mol. The van der Waals surface area contributed by atoms with Gasteiger partial charge in [-0.2, -0.15) is 0 Å². The summed E-state index contributed by atoms with van der Waals surface area (Å²) in [6.45, 7) is 27.0. The fourth-order valence-electron chi connectivity index (χ4n) is 0.598. The topological polar surface area (TPSA) is 9.23 Å². The Morgan fingerprint density at radius 2 is 1.00 bits per heavy atom. The molecule has 0 heterocycles. The number of hydrogen-bond acceptors (Lipinski definition) is 1. The minimum absolute atomic E-state index is 0.865. The third-order valence-corrected chi connectivity index (χ3v) is 1.10. The fourth-order valence-corrected chi connectivity index (χ4v) is 0.598. The molecule has 0 fully saturated rings. The van der Waals surface area contributed by atoms with Gasteiger partial charge in [0.1, 0.15) is 0 Å². The molecule has 0 aromatic heterocycles. The van der Waals surface area contributed by atoms with E-state index in [0.29, 0.717) is 0 Å². The molecular weight excluding hydrogens is 244 g/mol. The van der Waals surface area contributed by atoms with Crippen LogP contribution in [0.1, 0.15) is 60.8 Å². The molecule has 0 rings (SSSR count). The molecule has 0 bridgehead atoms. The summed E-state index contributed by atoms with van der Waals surface area (Å²) in [6.07, 6.45) is 10.8. The Labute approximate surface area is 130 Å². The van der Waals surface area contributed by atoms with Crippen molar-refractivity contribution in [3.63, 3.8) is 0 Å². The molecule has 0 amide bonds. The quantitative estimate of drug-likeness (QED) is 0.391. The summed E-state index contributed by atoms with van der Waals surface area (Å²) >= 11 is 0. The first-order chi connectivity index (χ1) is 9.57. The summed E-state index contributed by atoms with van der Waals surface area (Å²) in [5, 5.41) is 0. The molecule has 0 saturated carbocycles. The van der Waals surface area contributed by atoms with E-state index in [1.54, 1.807) is 24.3 Å². The van der Waals surface area contributed by atoms with E-state index in [-0.39, 0.29) is 0 Å². The predicted octanol–water partition coefficient (Wildman–Crippen LogP) is 6.98. The Hall–Kier alpha value is -1.08. The summed E-state index contributed by atoms with van der Waals surface area (Å²) in [6, 6.07) is 0. The lowest BCUT2D eigenvalue weighted by Crippen LogP contribution is -1.91. The van der Waals surface area contributed by atoms with E-state index in [2.05, 4.69) is 33.2 Å². The molecule has 0 aromatic rings. The minimum atomic E-state index is 0.865. The zero-order valence-corrected chi connectivity index (χ0v) is 15.1. The Morgan fingerprint density at radius 1 is 0.700 bits per heavy atom. The maximum absolute atomic E-state index is 5.14. The van der Waals surface area contributed by atoms with Crippen LogP contribution in [-0.2, 0) is 4.74 Å². The molecule has 0 aliphatic heterocycles. The summed E-state index contributed by atoms with van der Waals surface area (Å²) in [5.41, 5.74) is 0. The van der Waals surface area contributed by atoms with Crippen LogP contribution in [0.5, 0.6) is 0 Å². The van der Waals surface area contributed by atoms with E-state index in [9.17, 15) is 0 Å². The van der Waals surface area contributed by atoms with E-state index in [0.717, 1.165) is 13.2 Å². The maximum atomic E-state index is 5.14. The minimum Gasteiger partial charge on any atom is -0.382 e. The number of unbranched alkanes of at least 4 members (excludes halogenated alkanes) is 2. The molecule has 0 radical (unpaired) electrons. The van der Waals surface area contributed by atoms with Crippen LogP contribution in [0.4, 0.5) is 0 Å². The van der Waals surface area contributed by atoms with Crippen molar-refractivity contribution in [2.75, 3.05) is 13.2 Å². The molecule has 1 heteroatoms. The standard InChI is InChI=1S/C7H16O.4C3H6/c1-3-5-6-7-8-4-2;4*1-3-2/h3-7H2,1-2H3;4*3H,1H2,2H3. The number of hydrogen-bond donors (Lipinski definition) is 0. The zero-order chi connectivity index (χ0) is 17.1. The third-order valence-electron chi connectivity index (χ3n) is 1.10. The van der Waals surface area contributed by atoms with Gasteiger partial charge in [-0.05, 0) is 41.0 Å². The Morgan fingerprint density at radius 3 is 1.20 bits per heavy atom. The predicted molar refractivity (Wildman–Crippen MR) is 99.5 cm³/mol. The van der Waals surface area contributed by atoms with E-state index in [1.165, 1.54) is 19.3 Å². The summed E-state index contributed by atoms with van der Waals surface area (Å²) < 4.78 is 5.14. The second-order valence-electron chi connectivity index (χ2n) is 3.54. The van der Waals surface area contributed by atoms with Crippen molar-refractivity contribution < 1.29 is 4.74 Å². The van der Waals surface area contributed by atoms with E-state index < -0.39 is 0 Å². The second kappa shape index (κ2) is 64.5. The molecule has 0 saturated heterocycles. The Kier molecular flexibility index (Phi) is 101. The van der Waals surface area contributed by atoms with Crippen LogP contribution in [0, 0.1) is 0 Å². The highest BCUT2D eigenvalue weighted by atomic mass is 16.5. The molecule has 0 aliphatic carbocycles. The molecule has 20 heavy (non-hydrogen) atoms. The Bertz CT molecular complexity index is 118. The van der Waals surface area contributed by atoms with Crippen LogP contribution in [-0.4, -0.2) is 13.2 Å². The highest BCUT2D eigenvalue weighted by Gasteiger charge is 1.82. The average Bonchev–Trinajstić information content (AvgIpc) is 2.39. The van der Waals surface area contributed by atoms with E-state index in [4.69, 9.17) is 4.74 Å². The normalized spacial score (nSPS) is 6.50. The lowest BCUT2D eigenvalue weighted by Gasteiger charge is -1.96. The SMILES string of the molecule is C=CC.C=CC.C=CC.C=CC.CCCCCOCC. The molecule has 0 aromatic carbocycles. The molecule has 122 valence electrons. The largest absolute Gasteiger partial charge is 0.382 e. The maximum Gasteiger partial charge on any atom is 0.0465 e. The highest BCUT2D eigenvalue weighted by Crippen LogP contribution is 1.92. The van der Waals surface area contributed by atoms with Gasteiger partial charge < -0.3 is 4.74 Å². The molecule has 0 aliphatic rings. The van der Waals surface area contributed by atoms with Crippen molar-refractivity contribution in [3.05, 3.63) is 50.6 Å². The molecule has 0 unspecified atom stereocenters. The summed E-state index contributed by atoms with van der Waals surface area (Å²) in [4.78, 5) is 0. The number of rotatable bonds is 5. The van der Waals surface area contributed by atoms with Gasteiger partial charge >= 0.3 is 0 Å². The van der Waals surface area contributed by atoms with Crippen LogP contribution in [0.2, 0.25) is 0 Å². The van der Waals surface area contributed by atoms with E-state index in [1.807, 2.05) is 34.6 Å². The molecule has 0 N–H and O–H groups in total.